The molecule has 0 spiro atoms. The first kappa shape index (κ1) is 23.7. The van der Waals surface area contributed by atoms with E-state index in [1.165, 1.54) is 31.5 Å². The fourth-order valence-electron chi connectivity index (χ4n) is 5.41. The maximum absolute atomic E-state index is 13.3. The summed E-state index contributed by atoms with van der Waals surface area (Å²) in [6.07, 6.45) is 6.62. The third kappa shape index (κ3) is 5.09. The van der Waals surface area contributed by atoms with E-state index in [9.17, 15) is 9.59 Å². The number of pyridine rings is 1. The van der Waals surface area contributed by atoms with E-state index >= 15 is 0 Å². The third-order valence-electron chi connectivity index (χ3n) is 7.76. The molecule has 1 aliphatic heterocycles. The molecule has 5 nitrogen and oxygen atoms in total. The third-order valence-corrected chi connectivity index (χ3v) is 7.76. The highest BCUT2D eigenvalue weighted by Crippen LogP contribution is 2.29. The normalized spacial score (nSPS) is 15.8. The second-order valence-electron chi connectivity index (χ2n) is 10.6. The van der Waals surface area contributed by atoms with Crippen molar-refractivity contribution < 1.29 is 4.79 Å². The van der Waals surface area contributed by atoms with Crippen LogP contribution in [-0.2, 0) is 13.1 Å². The Balaban J connectivity index is 1.23. The van der Waals surface area contributed by atoms with Crippen LogP contribution in [0, 0.1) is 6.92 Å². The predicted molar refractivity (Wildman–Crippen MR) is 149 cm³/mol. The van der Waals surface area contributed by atoms with Gasteiger partial charge in [-0.2, -0.15) is 0 Å². The fraction of sp³-hybridized carbons (Fsp3) is 0.312. The number of carbonyl (C=O) groups excluding carboxylic acids is 1. The van der Waals surface area contributed by atoms with E-state index in [0.29, 0.717) is 23.5 Å². The van der Waals surface area contributed by atoms with Crippen LogP contribution in [0.25, 0.3) is 21.9 Å². The van der Waals surface area contributed by atoms with Crippen molar-refractivity contribution in [3.05, 3.63) is 106 Å². The van der Waals surface area contributed by atoms with Gasteiger partial charge in [0.2, 0.25) is 0 Å². The van der Waals surface area contributed by atoms with Crippen LogP contribution in [0.5, 0.6) is 0 Å². The number of carbonyl (C=O) groups is 1. The van der Waals surface area contributed by atoms with E-state index in [1.807, 2.05) is 49.5 Å². The van der Waals surface area contributed by atoms with Crippen LogP contribution in [0.3, 0.4) is 0 Å². The molecule has 1 saturated carbocycles. The molecule has 6 rings (SSSR count). The molecule has 4 aromatic rings. The number of aromatic nitrogens is 1. The number of hydrogen-bond acceptors (Lipinski definition) is 3. The Labute approximate surface area is 217 Å². The topological polar surface area (TPSA) is 54.3 Å². The molecule has 3 aromatic carbocycles. The number of nitrogens with one attached hydrogen (secondary N) is 1. The van der Waals surface area contributed by atoms with Crippen LogP contribution in [0.4, 0.5) is 0 Å². The number of fused-ring (bicyclic) bond motifs is 1. The zero-order valence-corrected chi connectivity index (χ0v) is 21.4. The minimum atomic E-state index is -0.00500. The molecule has 1 amide bonds. The molecular formula is C32H33N3O2. The van der Waals surface area contributed by atoms with E-state index < -0.39 is 0 Å². The van der Waals surface area contributed by atoms with Crippen molar-refractivity contribution in [1.29, 1.82) is 0 Å². The summed E-state index contributed by atoms with van der Waals surface area (Å²) in [7, 11) is 0. The molecule has 1 N–H and O–H groups in total. The zero-order chi connectivity index (χ0) is 25.4. The Morgan fingerprint density at radius 3 is 2.38 bits per heavy atom. The SMILES string of the molecule is Cc1c(C(=O)NC2CC2)cccc1-c1ccc2c(=O)n(Cc3ccc(CN4CCCC4)cc3)ccc2c1. The monoisotopic (exact) mass is 491 g/mol. The number of amides is 1. The van der Waals surface area contributed by atoms with Crippen LogP contribution in [-0.4, -0.2) is 34.5 Å². The Kier molecular flexibility index (Phi) is 6.39. The van der Waals surface area contributed by atoms with Crippen LogP contribution >= 0.6 is 0 Å². The summed E-state index contributed by atoms with van der Waals surface area (Å²) in [4.78, 5) is 28.5. The summed E-state index contributed by atoms with van der Waals surface area (Å²) in [5.74, 6) is -0.00500. The molecule has 0 radical (unpaired) electrons. The summed E-state index contributed by atoms with van der Waals surface area (Å²) in [6, 6.07) is 22.8. The van der Waals surface area contributed by atoms with Gasteiger partial charge in [0.05, 0.1) is 6.54 Å². The zero-order valence-electron chi connectivity index (χ0n) is 21.4. The van der Waals surface area contributed by atoms with Gasteiger partial charge < -0.3 is 9.88 Å². The molecule has 5 heteroatoms. The quantitative estimate of drug-likeness (QED) is 0.371. The predicted octanol–water partition coefficient (Wildman–Crippen LogP) is 5.51. The van der Waals surface area contributed by atoms with Gasteiger partial charge in [0, 0.05) is 29.7 Å². The summed E-state index contributed by atoms with van der Waals surface area (Å²) in [5.41, 5.74) is 6.17. The maximum Gasteiger partial charge on any atom is 0.258 e. The molecule has 1 saturated heterocycles. The minimum Gasteiger partial charge on any atom is -0.349 e. The Bertz CT molecular complexity index is 1510. The standard InChI is InChI=1S/C32H33N3O2/c1-22-28(5-4-6-29(22)31(36)33-27-12-13-27)25-11-14-30-26(19-25)15-18-35(32(30)37)21-24-9-7-23(8-10-24)20-34-16-2-3-17-34/h4-11,14-15,18-19,27H,2-3,12-13,16-17,20-21H2,1H3,(H,33,36). The number of hydrogen-bond donors (Lipinski definition) is 1. The van der Waals surface area contributed by atoms with Crippen LogP contribution < -0.4 is 10.9 Å². The van der Waals surface area contributed by atoms with Crippen molar-refractivity contribution in [3.8, 4) is 11.1 Å². The molecule has 2 fully saturated rings. The summed E-state index contributed by atoms with van der Waals surface area (Å²) < 4.78 is 1.78. The molecule has 1 aromatic heterocycles. The van der Waals surface area contributed by atoms with Gasteiger partial charge >= 0.3 is 0 Å². The number of rotatable bonds is 7. The lowest BCUT2D eigenvalue weighted by atomic mass is 9.94. The molecule has 0 unspecified atom stereocenters. The Morgan fingerprint density at radius 1 is 0.919 bits per heavy atom. The van der Waals surface area contributed by atoms with E-state index in [4.69, 9.17) is 0 Å². The molecule has 0 bridgehead atoms. The highest BCUT2D eigenvalue weighted by molar-refractivity contribution is 5.98. The summed E-state index contributed by atoms with van der Waals surface area (Å²) >= 11 is 0. The van der Waals surface area contributed by atoms with E-state index in [2.05, 4.69) is 40.5 Å². The van der Waals surface area contributed by atoms with Gasteiger partial charge in [0.25, 0.3) is 11.5 Å². The van der Waals surface area contributed by atoms with Crippen molar-refractivity contribution in [2.45, 2.75) is 51.7 Å². The average Bonchev–Trinajstić information content (AvgIpc) is 3.58. The highest BCUT2D eigenvalue weighted by atomic mass is 16.1. The largest absolute Gasteiger partial charge is 0.349 e. The maximum atomic E-state index is 13.3. The molecule has 0 atom stereocenters. The Morgan fingerprint density at radius 2 is 1.65 bits per heavy atom. The molecule has 37 heavy (non-hydrogen) atoms. The fourth-order valence-corrected chi connectivity index (χ4v) is 5.41. The van der Waals surface area contributed by atoms with Gasteiger partial charge in [-0.25, -0.2) is 0 Å². The van der Waals surface area contributed by atoms with Crippen molar-refractivity contribution in [2.24, 2.45) is 0 Å². The summed E-state index contributed by atoms with van der Waals surface area (Å²) in [6.45, 7) is 5.94. The van der Waals surface area contributed by atoms with Crippen LogP contribution in [0.15, 0.2) is 77.7 Å². The van der Waals surface area contributed by atoms with Crippen molar-refractivity contribution in [2.75, 3.05) is 13.1 Å². The molecular weight excluding hydrogens is 458 g/mol. The Hall–Kier alpha value is -3.70. The van der Waals surface area contributed by atoms with Gasteiger partial charge in [-0.05, 0) is 103 Å². The summed E-state index contributed by atoms with van der Waals surface area (Å²) in [5, 5.41) is 4.70. The lowest BCUT2D eigenvalue weighted by molar-refractivity contribution is 0.0950. The van der Waals surface area contributed by atoms with Crippen LogP contribution in [0.2, 0.25) is 0 Å². The van der Waals surface area contributed by atoms with Gasteiger partial charge in [-0.1, -0.05) is 42.5 Å². The van der Waals surface area contributed by atoms with Crippen LogP contribution in [0.1, 0.15) is 52.7 Å². The first-order valence-electron chi connectivity index (χ1n) is 13.4. The molecule has 2 aliphatic rings. The molecule has 188 valence electrons. The van der Waals surface area contributed by atoms with Crippen molar-refractivity contribution >= 4 is 16.7 Å². The second-order valence-corrected chi connectivity index (χ2v) is 10.6. The first-order chi connectivity index (χ1) is 18.0. The molecule has 2 heterocycles. The number of nitrogens with zero attached hydrogens (tertiary/aromatic N) is 2. The van der Waals surface area contributed by atoms with Gasteiger partial charge in [-0.15, -0.1) is 0 Å². The number of likely N-dealkylation sites (tertiary alicyclic amines) is 1. The number of benzene rings is 3. The lowest BCUT2D eigenvalue weighted by Gasteiger charge is -2.15. The lowest BCUT2D eigenvalue weighted by Crippen LogP contribution is -2.26. The van der Waals surface area contributed by atoms with Gasteiger partial charge in [-0.3, -0.25) is 14.5 Å². The average molecular weight is 492 g/mol. The smallest absolute Gasteiger partial charge is 0.258 e. The second kappa shape index (κ2) is 9.98. The van der Waals surface area contributed by atoms with E-state index in [0.717, 1.165) is 47.0 Å². The minimum absolute atomic E-state index is 0.00500. The van der Waals surface area contributed by atoms with E-state index in [1.54, 1.807) is 4.57 Å². The van der Waals surface area contributed by atoms with Gasteiger partial charge in [0.15, 0.2) is 0 Å². The van der Waals surface area contributed by atoms with Crippen molar-refractivity contribution in [1.82, 2.24) is 14.8 Å². The van der Waals surface area contributed by atoms with Crippen molar-refractivity contribution in [3.63, 3.8) is 0 Å². The molecule has 1 aliphatic carbocycles. The van der Waals surface area contributed by atoms with E-state index in [-0.39, 0.29) is 11.5 Å². The van der Waals surface area contributed by atoms with Gasteiger partial charge in [0.1, 0.15) is 0 Å². The first-order valence-corrected chi connectivity index (χ1v) is 13.4. The highest BCUT2D eigenvalue weighted by Gasteiger charge is 2.24.